The summed E-state index contributed by atoms with van der Waals surface area (Å²) in [5.74, 6) is -1.41. The lowest BCUT2D eigenvalue weighted by molar-refractivity contribution is -0.421. The molecule has 2 amide bonds. The number of para-hydroxylation sites is 1. The highest BCUT2D eigenvalue weighted by Gasteiger charge is 2.30. The third-order valence-electron chi connectivity index (χ3n) is 8.81. The van der Waals surface area contributed by atoms with Gasteiger partial charge < -0.3 is 37.1 Å². The van der Waals surface area contributed by atoms with Gasteiger partial charge in [0.2, 0.25) is 11.8 Å². The van der Waals surface area contributed by atoms with E-state index in [0.717, 1.165) is 34.0 Å². The van der Waals surface area contributed by atoms with Crippen molar-refractivity contribution in [2.75, 3.05) is 20.7 Å². The first-order valence-electron chi connectivity index (χ1n) is 17.0. The van der Waals surface area contributed by atoms with Crippen LogP contribution in [-0.2, 0) is 38.4 Å². The number of aromatic nitrogens is 1. The van der Waals surface area contributed by atoms with Gasteiger partial charge in [0.15, 0.2) is 5.96 Å². The maximum absolute atomic E-state index is 14.1. The Labute approximate surface area is 298 Å². The number of carbonyl (C=O) groups is 3. The van der Waals surface area contributed by atoms with Crippen molar-refractivity contribution >= 4 is 46.2 Å². The van der Waals surface area contributed by atoms with E-state index in [1.54, 1.807) is 7.05 Å². The van der Waals surface area contributed by atoms with Gasteiger partial charge in [0.25, 0.3) is 0 Å². The number of aromatic amines is 1. The van der Waals surface area contributed by atoms with E-state index >= 15 is 0 Å². The fourth-order valence-corrected chi connectivity index (χ4v) is 6.13. The quantitative estimate of drug-likeness (QED) is 0.0401. The van der Waals surface area contributed by atoms with E-state index in [1.165, 1.54) is 7.11 Å². The Morgan fingerprint density at radius 3 is 2.26 bits per heavy atom. The smallest absolute Gasteiger partial charge is 0.328 e. The van der Waals surface area contributed by atoms with Crippen LogP contribution in [0, 0.1) is 5.92 Å². The van der Waals surface area contributed by atoms with Gasteiger partial charge in [-0.25, -0.2) is 4.79 Å². The molecule has 1 heterocycles. The number of hydrogen-bond donors (Lipinski definition) is 6. The van der Waals surface area contributed by atoms with Gasteiger partial charge in [-0.2, -0.15) is 0 Å². The number of benzene rings is 3. The van der Waals surface area contributed by atoms with Crippen molar-refractivity contribution in [2.45, 2.75) is 63.1 Å². The van der Waals surface area contributed by atoms with E-state index in [-0.39, 0.29) is 24.3 Å². The molecule has 12 heteroatoms. The summed E-state index contributed by atoms with van der Waals surface area (Å²) >= 11 is 6.06. The second kappa shape index (κ2) is 19.4. The molecule has 0 spiro atoms. The Morgan fingerprint density at radius 2 is 1.54 bits per heavy atom. The van der Waals surface area contributed by atoms with Crippen molar-refractivity contribution < 1.29 is 24.9 Å². The first-order chi connectivity index (χ1) is 24.2. The fourth-order valence-electron chi connectivity index (χ4n) is 6.01. The molecule has 4 atom stereocenters. The zero-order valence-corrected chi connectivity index (χ0v) is 29.5. The van der Waals surface area contributed by atoms with Crippen molar-refractivity contribution in [1.29, 1.82) is 0 Å². The van der Waals surface area contributed by atoms with Crippen LogP contribution in [0.4, 0.5) is 0 Å². The van der Waals surface area contributed by atoms with Crippen molar-refractivity contribution in [2.24, 2.45) is 16.6 Å². The Balaban J connectivity index is 1.50. The number of aliphatic imine (C=N–C) groups is 1. The van der Waals surface area contributed by atoms with Crippen LogP contribution >= 0.6 is 11.6 Å². The molecule has 11 nitrogen and oxygen atoms in total. The number of nitrogens with one attached hydrogen (secondary N) is 4. The summed E-state index contributed by atoms with van der Waals surface area (Å²) < 4.78 is 5.08. The molecule has 1 aromatic heterocycles. The largest absolute Gasteiger partial charge is 0.467 e. The van der Waals surface area contributed by atoms with Gasteiger partial charge in [-0.1, -0.05) is 72.3 Å². The molecular weight excluding hydrogens is 654 g/mol. The SMILES string of the molecule is CN=C(N)NCCC[C@H](NC(=O)[C@H](CC[C@@H]([NH3+])Cc1ccc(Cl)cc1)Cc1ccccc1)C(=O)N[C@@H](Cc1c[nH]c2ccccc12)C(=O)OC. The topological polar surface area (TPSA) is 178 Å². The normalized spacial score (nSPS) is 14.0. The monoisotopic (exact) mass is 702 g/mol. The van der Waals surface area contributed by atoms with Crippen molar-refractivity contribution in [3.8, 4) is 0 Å². The Morgan fingerprint density at radius 1 is 0.860 bits per heavy atom. The Bertz CT molecular complexity index is 1710. The van der Waals surface area contributed by atoms with Gasteiger partial charge in [0.1, 0.15) is 12.1 Å². The summed E-state index contributed by atoms with van der Waals surface area (Å²) in [5.41, 5.74) is 14.1. The number of H-pyrrole nitrogens is 1. The molecule has 4 rings (SSSR count). The van der Waals surface area contributed by atoms with Crippen molar-refractivity contribution in [3.05, 3.63) is 107 Å². The maximum Gasteiger partial charge on any atom is 0.328 e. The lowest BCUT2D eigenvalue weighted by Crippen LogP contribution is -2.62. The second-order valence-corrected chi connectivity index (χ2v) is 13.0. The molecule has 0 radical (unpaired) electrons. The third-order valence-corrected chi connectivity index (χ3v) is 9.06. The molecule has 0 unspecified atom stereocenters. The van der Waals surface area contributed by atoms with E-state index in [2.05, 4.69) is 31.7 Å². The molecule has 50 heavy (non-hydrogen) atoms. The highest BCUT2D eigenvalue weighted by Crippen LogP contribution is 2.21. The number of methoxy groups -OCH3 is 1. The second-order valence-electron chi connectivity index (χ2n) is 12.5. The lowest BCUT2D eigenvalue weighted by Gasteiger charge is -2.25. The number of quaternary nitrogens is 1. The van der Waals surface area contributed by atoms with E-state index < -0.39 is 29.9 Å². The predicted octanol–water partition coefficient (Wildman–Crippen LogP) is 3.31. The summed E-state index contributed by atoms with van der Waals surface area (Å²) in [5, 5.41) is 10.5. The number of hydrogen-bond acceptors (Lipinski definition) is 5. The van der Waals surface area contributed by atoms with Gasteiger partial charge in [0, 0.05) is 60.9 Å². The molecule has 0 aliphatic carbocycles. The van der Waals surface area contributed by atoms with Crippen LogP contribution in [0.15, 0.2) is 90.1 Å². The van der Waals surface area contributed by atoms with Gasteiger partial charge in [-0.15, -0.1) is 0 Å². The molecule has 266 valence electrons. The zero-order valence-electron chi connectivity index (χ0n) is 28.8. The minimum atomic E-state index is -0.966. The van der Waals surface area contributed by atoms with Crippen molar-refractivity contribution in [3.63, 3.8) is 0 Å². The average molecular weight is 703 g/mol. The van der Waals surface area contributed by atoms with Gasteiger partial charge >= 0.3 is 5.97 Å². The lowest BCUT2D eigenvalue weighted by atomic mass is 9.90. The summed E-state index contributed by atoms with van der Waals surface area (Å²) in [4.78, 5) is 48.1. The maximum atomic E-state index is 14.1. The molecule has 0 bridgehead atoms. The molecular formula is C38H49ClN7O4+. The molecule has 0 aliphatic heterocycles. The first-order valence-corrected chi connectivity index (χ1v) is 17.4. The number of nitrogens with two attached hydrogens (primary N) is 1. The summed E-state index contributed by atoms with van der Waals surface area (Å²) in [6.07, 6.45) is 5.39. The first kappa shape index (κ1) is 37.9. The fraction of sp³-hybridized carbons (Fsp3) is 0.368. The van der Waals surface area contributed by atoms with Crippen LogP contribution in [0.2, 0.25) is 5.02 Å². The van der Waals surface area contributed by atoms with Crippen LogP contribution < -0.4 is 27.4 Å². The van der Waals surface area contributed by atoms with Crippen molar-refractivity contribution in [1.82, 2.24) is 20.9 Å². The average Bonchev–Trinajstić information content (AvgIpc) is 3.54. The molecule has 0 fully saturated rings. The van der Waals surface area contributed by atoms with Crippen LogP contribution in [0.5, 0.6) is 0 Å². The van der Waals surface area contributed by atoms with Crippen LogP contribution in [0.1, 0.15) is 42.4 Å². The van der Waals surface area contributed by atoms with Crippen LogP contribution in [0.3, 0.4) is 0 Å². The van der Waals surface area contributed by atoms with Gasteiger partial charge in [0.05, 0.1) is 13.2 Å². The van der Waals surface area contributed by atoms with Gasteiger partial charge in [-0.3, -0.25) is 14.6 Å². The van der Waals surface area contributed by atoms with Crippen LogP contribution in [-0.4, -0.2) is 67.6 Å². The summed E-state index contributed by atoms with van der Waals surface area (Å²) in [7, 11) is 2.87. The van der Waals surface area contributed by atoms with E-state index in [4.69, 9.17) is 22.1 Å². The molecule has 0 saturated heterocycles. The highest BCUT2D eigenvalue weighted by atomic mass is 35.5. The molecule has 9 N–H and O–H groups in total. The number of amides is 2. The Hall–Kier alpha value is -4.87. The number of guanidine groups is 1. The standard InChI is InChI=1S/C38H48ClN7O4/c1-42-38(41)43-20-8-13-33(36(48)46-34(37(49)50-2)23-28-24-44-32-12-7-6-11-31(28)32)45-35(47)27(21-25-9-4-3-5-10-25)16-19-30(40)22-26-14-17-29(39)18-15-26/h3-7,9-12,14-15,17-18,24,27,30,33-34,44H,8,13,16,19-23,40H2,1-2H3,(H,45,47)(H,46,48)(H3,41,42,43)/p+1/t27-,30-,33+,34+/m1/s1. The minimum Gasteiger partial charge on any atom is -0.467 e. The molecule has 4 aromatic rings. The number of ether oxygens (including phenoxy) is 1. The number of fused-ring (bicyclic) bond motifs is 1. The van der Waals surface area contributed by atoms with E-state index in [9.17, 15) is 14.4 Å². The number of halogens is 1. The molecule has 3 aromatic carbocycles. The summed E-state index contributed by atoms with van der Waals surface area (Å²) in [6.45, 7) is 0.444. The number of carbonyl (C=O) groups excluding carboxylic acids is 3. The Kier molecular flexibility index (Phi) is 14.7. The zero-order chi connectivity index (χ0) is 35.9. The van der Waals surface area contributed by atoms with E-state index in [1.807, 2.05) is 85.1 Å². The molecule has 0 saturated carbocycles. The third kappa shape index (κ3) is 11.6. The molecule has 0 aliphatic rings. The predicted molar refractivity (Wildman–Crippen MR) is 197 cm³/mol. The number of rotatable bonds is 18. The summed E-state index contributed by atoms with van der Waals surface area (Å²) in [6, 6.07) is 23.5. The van der Waals surface area contributed by atoms with E-state index in [0.29, 0.717) is 43.7 Å². The number of esters is 1. The highest BCUT2D eigenvalue weighted by molar-refractivity contribution is 6.30. The minimum absolute atomic E-state index is 0.0726. The van der Waals surface area contributed by atoms with Crippen LogP contribution in [0.25, 0.3) is 10.9 Å². The van der Waals surface area contributed by atoms with Gasteiger partial charge in [-0.05, 0) is 60.6 Å². The number of nitrogens with zero attached hydrogens (tertiary/aromatic N) is 1.